The highest BCUT2D eigenvalue weighted by atomic mass is 16.5. The van der Waals surface area contributed by atoms with Crippen molar-refractivity contribution >= 4 is 18.1 Å². The van der Waals surface area contributed by atoms with Crippen LogP contribution in [0.5, 0.6) is 0 Å². The zero-order valence-corrected chi connectivity index (χ0v) is 15.8. The number of ether oxygens (including phenoxy) is 3. The van der Waals surface area contributed by atoms with Crippen LogP contribution < -0.4 is 5.32 Å². The number of amides is 1. The monoisotopic (exact) mass is 392 g/mol. The third kappa shape index (κ3) is 8.47. The first kappa shape index (κ1) is 22.9. The Hall–Kier alpha value is -3.17. The summed E-state index contributed by atoms with van der Waals surface area (Å²) in [5.74, 6) is -1.33. The number of hydrogen-bond acceptors (Lipinski definition) is 7. The lowest BCUT2D eigenvalue weighted by Crippen LogP contribution is -2.25. The summed E-state index contributed by atoms with van der Waals surface area (Å²) in [4.78, 5) is 23.6. The number of carbonyl (C=O) groups excluding carboxylic acids is 1. The number of rotatable bonds is 12. The van der Waals surface area contributed by atoms with E-state index >= 15 is 0 Å². The molecule has 9 heteroatoms. The second-order valence-corrected chi connectivity index (χ2v) is 5.40. The minimum absolute atomic E-state index is 0.0163. The van der Waals surface area contributed by atoms with E-state index < -0.39 is 11.9 Å². The third-order valence-electron chi connectivity index (χ3n) is 3.34. The Morgan fingerprint density at radius 3 is 2.43 bits per heavy atom. The molecule has 0 spiro atoms. The molecule has 0 heterocycles. The van der Waals surface area contributed by atoms with E-state index in [0.29, 0.717) is 32.2 Å². The van der Waals surface area contributed by atoms with Gasteiger partial charge < -0.3 is 29.8 Å². The van der Waals surface area contributed by atoms with E-state index in [1.165, 1.54) is 24.3 Å². The van der Waals surface area contributed by atoms with E-state index in [2.05, 4.69) is 10.5 Å². The van der Waals surface area contributed by atoms with Crippen molar-refractivity contribution in [2.75, 3.05) is 33.5 Å². The Morgan fingerprint density at radius 2 is 1.79 bits per heavy atom. The molecule has 0 radical (unpaired) electrons. The maximum Gasteiger partial charge on any atom is 0.336 e. The van der Waals surface area contributed by atoms with Gasteiger partial charge in [-0.25, -0.2) is 4.79 Å². The van der Waals surface area contributed by atoms with Gasteiger partial charge in [-0.05, 0) is 31.2 Å². The highest BCUT2D eigenvalue weighted by Gasteiger charge is 2.16. The van der Waals surface area contributed by atoms with Crippen molar-refractivity contribution in [3.8, 4) is 0 Å². The predicted molar refractivity (Wildman–Crippen MR) is 102 cm³/mol. The van der Waals surface area contributed by atoms with Gasteiger partial charge in [0.15, 0.2) is 0 Å². The minimum Gasteiger partial charge on any atom is -0.496 e. The van der Waals surface area contributed by atoms with Gasteiger partial charge in [-0.1, -0.05) is 17.3 Å². The zero-order valence-electron chi connectivity index (χ0n) is 15.8. The summed E-state index contributed by atoms with van der Waals surface area (Å²) in [7, 11) is 1.59. The largest absolute Gasteiger partial charge is 0.496 e. The van der Waals surface area contributed by atoms with E-state index in [4.69, 9.17) is 19.4 Å². The molecule has 152 valence electrons. The van der Waals surface area contributed by atoms with Gasteiger partial charge in [-0.3, -0.25) is 4.79 Å². The fourth-order valence-electron chi connectivity index (χ4n) is 2.01. The van der Waals surface area contributed by atoms with Crippen LogP contribution in [-0.4, -0.2) is 61.9 Å². The fourth-order valence-corrected chi connectivity index (χ4v) is 2.01. The first-order valence-electron chi connectivity index (χ1n) is 8.38. The van der Waals surface area contributed by atoms with Gasteiger partial charge >= 0.3 is 5.97 Å². The molecule has 0 aromatic heterocycles. The van der Waals surface area contributed by atoms with Crippen LogP contribution >= 0.6 is 0 Å². The number of carbonyl (C=O) groups is 2. The summed E-state index contributed by atoms with van der Waals surface area (Å²) in [6.45, 7) is 3.42. The second kappa shape index (κ2) is 13.1. The Labute approximate surface area is 162 Å². The Balaban J connectivity index is 2.71. The number of allylic oxidation sites excluding steroid dienone is 4. The first-order valence-corrected chi connectivity index (χ1v) is 8.38. The first-order chi connectivity index (χ1) is 13.5. The van der Waals surface area contributed by atoms with Crippen molar-refractivity contribution in [1.29, 1.82) is 0 Å². The quantitative estimate of drug-likeness (QED) is 0.124. The summed E-state index contributed by atoms with van der Waals surface area (Å²) in [6.07, 6.45) is 4.04. The fraction of sp³-hybridized carbons (Fsp3) is 0.316. The zero-order chi connectivity index (χ0) is 20.8. The average Bonchev–Trinajstić information content (AvgIpc) is 2.68. The Morgan fingerprint density at radius 1 is 1.11 bits per heavy atom. The lowest BCUT2D eigenvalue weighted by atomic mass is 10.1. The SMILES string of the molecule is COCCOCCO/C(C)=C/C=C(\C=N\O)NC(=O)c1ccccc1C(=O)O. The normalized spacial score (nSPS) is 12.2. The summed E-state index contributed by atoms with van der Waals surface area (Å²) in [5, 5.41) is 23.3. The number of nitrogens with one attached hydrogen (secondary N) is 1. The molecule has 0 atom stereocenters. The van der Waals surface area contributed by atoms with Crippen LogP contribution in [0.1, 0.15) is 27.6 Å². The average molecular weight is 392 g/mol. The molecule has 0 bridgehead atoms. The number of hydrogen-bond donors (Lipinski definition) is 3. The van der Waals surface area contributed by atoms with E-state index in [1.54, 1.807) is 26.2 Å². The number of oxime groups is 1. The molecular formula is C19H24N2O7. The van der Waals surface area contributed by atoms with Crippen LogP contribution in [0.25, 0.3) is 0 Å². The third-order valence-corrected chi connectivity index (χ3v) is 3.34. The molecule has 1 rings (SSSR count). The van der Waals surface area contributed by atoms with Gasteiger partial charge in [-0.2, -0.15) is 0 Å². The van der Waals surface area contributed by atoms with E-state index in [-0.39, 0.29) is 16.8 Å². The van der Waals surface area contributed by atoms with Crippen LogP contribution in [0.15, 0.2) is 53.0 Å². The van der Waals surface area contributed by atoms with Crippen LogP contribution in [0.4, 0.5) is 0 Å². The van der Waals surface area contributed by atoms with E-state index in [9.17, 15) is 14.7 Å². The molecule has 1 amide bonds. The lowest BCUT2D eigenvalue weighted by Gasteiger charge is -2.08. The van der Waals surface area contributed by atoms with Gasteiger partial charge in [0.1, 0.15) is 6.61 Å². The predicted octanol–water partition coefficient (Wildman–Crippen LogP) is 2.04. The molecule has 1 aromatic carbocycles. The number of carboxylic acid groups (broad SMARTS) is 1. The van der Waals surface area contributed by atoms with Crippen LogP contribution in [0.2, 0.25) is 0 Å². The number of carboxylic acids is 1. The van der Waals surface area contributed by atoms with Crippen molar-refractivity contribution < 1.29 is 34.1 Å². The Kier molecular flexibility index (Phi) is 10.7. The molecular weight excluding hydrogens is 368 g/mol. The topological polar surface area (TPSA) is 127 Å². The number of nitrogens with zero attached hydrogens (tertiary/aromatic N) is 1. The molecule has 1 aromatic rings. The van der Waals surface area contributed by atoms with Crippen molar-refractivity contribution in [3.63, 3.8) is 0 Å². The van der Waals surface area contributed by atoms with Crippen molar-refractivity contribution in [2.24, 2.45) is 5.16 Å². The molecule has 0 aliphatic rings. The van der Waals surface area contributed by atoms with Gasteiger partial charge in [0.05, 0.1) is 48.6 Å². The molecule has 28 heavy (non-hydrogen) atoms. The van der Waals surface area contributed by atoms with Crippen molar-refractivity contribution in [2.45, 2.75) is 6.92 Å². The molecule has 0 saturated carbocycles. The number of benzene rings is 1. The Bertz CT molecular complexity index is 742. The van der Waals surface area contributed by atoms with Gasteiger partial charge in [-0.15, -0.1) is 0 Å². The summed E-state index contributed by atoms with van der Waals surface area (Å²) < 4.78 is 15.6. The van der Waals surface area contributed by atoms with E-state index in [0.717, 1.165) is 6.21 Å². The highest BCUT2D eigenvalue weighted by molar-refractivity contribution is 6.06. The smallest absolute Gasteiger partial charge is 0.336 e. The molecule has 0 fully saturated rings. The summed E-state index contributed by atoms with van der Waals surface area (Å²) in [6, 6.07) is 5.79. The minimum atomic E-state index is -1.22. The molecule has 0 aliphatic carbocycles. The summed E-state index contributed by atoms with van der Waals surface area (Å²) in [5.41, 5.74) is -0.00629. The van der Waals surface area contributed by atoms with Gasteiger partial charge in [0.25, 0.3) is 5.91 Å². The van der Waals surface area contributed by atoms with Crippen molar-refractivity contribution in [1.82, 2.24) is 5.32 Å². The molecule has 3 N–H and O–H groups in total. The van der Waals surface area contributed by atoms with Crippen LogP contribution in [0, 0.1) is 0 Å². The van der Waals surface area contributed by atoms with Crippen molar-refractivity contribution in [3.05, 3.63) is 59.0 Å². The van der Waals surface area contributed by atoms with Crippen LogP contribution in [0.3, 0.4) is 0 Å². The molecule has 0 aliphatic heterocycles. The number of methoxy groups -OCH3 is 1. The maximum absolute atomic E-state index is 12.4. The second-order valence-electron chi connectivity index (χ2n) is 5.40. The lowest BCUT2D eigenvalue weighted by molar-refractivity contribution is 0.0418. The van der Waals surface area contributed by atoms with Gasteiger partial charge in [0, 0.05) is 7.11 Å². The molecule has 0 saturated heterocycles. The summed E-state index contributed by atoms with van der Waals surface area (Å²) >= 11 is 0. The standard InChI is InChI=1S/C19H24N2O7/c1-14(28-12-11-27-10-9-26-2)7-8-15(13-20-25)21-18(22)16-5-3-4-6-17(16)19(23)24/h3-8,13,25H,9-12H2,1-2H3,(H,21,22)(H,23,24)/b14-7+,15-8+,20-13+. The highest BCUT2D eigenvalue weighted by Crippen LogP contribution is 2.09. The van der Waals surface area contributed by atoms with E-state index in [1.807, 2.05) is 0 Å². The van der Waals surface area contributed by atoms with Gasteiger partial charge in [0.2, 0.25) is 0 Å². The number of aromatic carboxylic acids is 1. The van der Waals surface area contributed by atoms with Crippen LogP contribution in [-0.2, 0) is 14.2 Å². The molecule has 9 nitrogen and oxygen atoms in total. The molecule has 0 unspecified atom stereocenters. The maximum atomic E-state index is 12.4.